The molecule has 9 nitrogen and oxygen atoms in total. The van der Waals surface area contributed by atoms with Gasteiger partial charge in [-0.25, -0.2) is 0 Å². The summed E-state index contributed by atoms with van der Waals surface area (Å²) in [6.45, 7) is 10.4. The average Bonchev–Trinajstić information content (AvgIpc) is 2.81. The third kappa shape index (κ3) is 8.44. The SMILES string of the molecule is CCC(=O)OC(C)CC(c1ccc(OC(=O)C(C)CC)c(OC(=O)C(C)CC)c1)[C@H](N)C(=O)O. The number of esters is 3. The van der Waals surface area contributed by atoms with Crippen molar-refractivity contribution in [1.82, 2.24) is 0 Å². The standard InChI is InChI=1S/C25H37NO8/c1-7-14(4)24(30)33-19-11-10-17(13-20(19)34-25(31)15(5)8-2)18(22(26)23(28)29)12-16(6)32-21(27)9-3/h10-11,13-16,18,22H,7-9,12,26H2,1-6H3,(H,28,29)/t14?,15?,16?,18?,22-/m0/s1. The molecule has 0 radical (unpaired) electrons. The highest BCUT2D eigenvalue weighted by atomic mass is 16.6. The van der Waals surface area contributed by atoms with E-state index in [4.69, 9.17) is 19.9 Å². The van der Waals surface area contributed by atoms with Gasteiger partial charge in [-0.1, -0.05) is 40.7 Å². The second-order valence-corrected chi connectivity index (χ2v) is 8.53. The Labute approximate surface area is 200 Å². The van der Waals surface area contributed by atoms with E-state index >= 15 is 0 Å². The summed E-state index contributed by atoms with van der Waals surface area (Å²) in [6, 6.07) is 3.18. The lowest BCUT2D eigenvalue weighted by Crippen LogP contribution is -2.38. The number of carboxylic acid groups (broad SMARTS) is 1. The van der Waals surface area contributed by atoms with Crippen molar-refractivity contribution in [3.63, 3.8) is 0 Å². The summed E-state index contributed by atoms with van der Waals surface area (Å²) in [5.41, 5.74) is 6.42. The number of rotatable bonds is 13. The van der Waals surface area contributed by atoms with Crippen molar-refractivity contribution in [1.29, 1.82) is 0 Å². The molecule has 5 atom stereocenters. The first-order valence-electron chi connectivity index (χ1n) is 11.7. The zero-order valence-electron chi connectivity index (χ0n) is 20.8. The molecule has 0 aliphatic carbocycles. The van der Waals surface area contributed by atoms with Crippen LogP contribution in [0.25, 0.3) is 0 Å². The fourth-order valence-corrected chi connectivity index (χ4v) is 3.05. The first kappa shape index (κ1) is 29.1. The maximum absolute atomic E-state index is 12.5. The predicted octanol–water partition coefficient (Wildman–Crippen LogP) is 3.82. The van der Waals surface area contributed by atoms with Crippen molar-refractivity contribution in [3.05, 3.63) is 23.8 Å². The minimum Gasteiger partial charge on any atom is -0.480 e. The van der Waals surface area contributed by atoms with E-state index in [-0.39, 0.29) is 30.3 Å². The van der Waals surface area contributed by atoms with Crippen molar-refractivity contribution in [2.45, 2.75) is 85.3 Å². The summed E-state index contributed by atoms with van der Waals surface area (Å²) < 4.78 is 16.3. The number of benzene rings is 1. The van der Waals surface area contributed by atoms with Gasteiger partial charge in [-0.2, -0.15) is 0 Å². The Kier molecular flexibility index (Phi) is 11.7. The van der Waals surface area contributed by atoms with Crippen molar-refractivity contribution in [2.75, 3.05) is 0 Å². The Morgan fingerprint density at radius 1 is 0.912 bits per heavy atom. The third-order valence-electron chi connectivity index (χ3n) is 5.77. The van der Waals surface area contributed by atoms with Crippen LogP contribution in [0.1, 0.15) is 78.7 Å². The number of carbonyl (C=O) groups excluding carboxylic acids is 3. The number of carbonyl (C=O) groups is 4. The molecule has 0 aliphatic heterocycles. The van der Waals surface area contributed by atoms with Gasteiger partial charge in [0.25, 0.3) is 0 Å². The fourth-order valence-electron chi connectivity index (χ4n) is 3.05. The molecule has 1 aromatic rings. The van der Waals surface area contributed by atoms with Crippen LogP contribution in [0.4, 0.5) is 0 Å². The van der Waals surface area contributed by atoms with Crippen molar-refractivity contribution in [2.24, 2.45) is 17.6 Å². The first-order valence-corrected chi connectivity index (χ1v) is 11.7. The van der Waals surface area contributed by atoms with Crippen molar-refractivity contribution >= 4 is 23.9 Å². The summed E-state index contributed by atoms with van der Waals surface area (Å²) in [7, 11) is 0. The number of nitrogens with two attached hydrogens (primary N) is 1. The van der Waals surface area contributed by atoms with Gasteiger partial charge in [-0.15, -0.1) is 0 Å². The van der Waals surface area contributed by atoms with E-state index in [0.29, 0.717) is 18.4 Å². The molecule has 0 saturated carbocycles. The van der Waals surface area contributed by atoms with E-state index < -0.39 is 47.9 Å². The van der Waals surface area contributed by atoms with Crippen molar-refractivity contribution in [3.8, 4) is 11.5 Å². The lowest BCUT2D eigenvalue weighted by atomic mass is 9.87. The van der Waals surface area contributed by atoms with Crippen LogP contribution in [0.2, 0.25) is 0 Å². The molecular formula is C25H37NO8. The lowest BCUT2D eigenvalue weighted by molar-refractivity contribution is -0.148. The van der Waals surface area contributed by atoms with Crippen LogP contribution in [-0.2, 0) is 23.9 Å². The molecule has 1 aromatic carbocycles. The molecule has 190 valence electrons. The highest BCUT2D eigenvalue weighted by Crippen LogP contribution is 2.35. The first-order chi connectivity index (χ1) is 15.9. The van der Waals surface area contributed by atoms with Gasteiger partial charge in [0, 0.05) is 12.3 Å². The van der Waals surface area contributed by atoms with E-state index in [1.807, 2.05) is 13.8 Å². The van der Waals surface area contributed by atoms with E-state index in [9.17, 15) is 24.3 Å². The molecular weight excluding hydrogens is 442 g/mol. The largest absolute Gasteiger partial charge is 0.480 e. The van der Waals surface area contributed by atoms with Crippen molar-refractivity contribution < 1.29 is 38.5 Å². The summed E-state index contributed by atoms with van der Waals surface area (Å²) >= 11 is 0. The molecule has 0 bridgehead atoms. The molecule has 9 heteroatoms. The summed E-state index contributed by atoms with van der Waals surface area (Å²) in [5.74, 6) is -4.10. The maximum Gasteiger partial charge on any atom is 0.321 e. The second-order valence-electron chi connectivity index (χ2n) is 8.53. The zero-order chi connectivity index (χ0) is 26.0. The highest BCUT2D eigenvalue weighted by molar-refractivity contribution is 5.79. The summed E-state index contributed by atoms with van der Waals surface area (Å²) in [6.07, 6.45) is 0.836. The number of ether oxygens (including phenoxy) is 3. The van der Waals surface area contributed by atoms with Crippen LogP contribution in [0.5, 0.6) is 11.5 Å². The molecule has 0 heterocycles. The number of hydrogen-bond donors (Lipinski definition) is 2. The van der Waals surface area contributed by atoms with Crippen LogP contribution in [0, 0.1) is 11.8 Å². The van der Waals surface area contributed by atoms with Gasteiger partial charge in [0.1, 0.15) is 6.04 Å². The van der Waals surface area contributed by atoms with Gasteiger partial charge in [-0.05, 0) is 43.9 Å². The molecule has 4 unspecified atom stereocenters. The van der Waals surface area contributed by atoms with Crippen LogP contribution < -0.4 is 15.2 Å². The lowest BCUT2D eigenvalue weighted by Gasteiger charge is -2.25. The van der Waals surface area contributed by atoms with Gasteiger partial charge in [0.05, 0.1) is 17.9 Å². The van der Waals surface area contributed by atoms with Crippen LogP contribution in [0.3, 0.4) is 0 Å². The minimum atomic E-state index is -1.31. The molecule has 0 aliphatic rings. The molecule has 0 amide bonds. The molecule has 0 aromatic heterocycles. The Balaban J connectivity index is 3.41. The number of carboxylic acids is 1. The third-order valence-corrected chi connectivity index (χ3v) is 5.77. The Morgan fingerprint density at radius 2 is 1.44 bits per heavy atom. The van der Waals surface area contributed by atoms with E-state index in [1.54, 1.807) is 33.8 Å². The second kappa shape index (κ2) is 13.7. The normalized spacial score (nSPS) is 15.4. The Hall–Kier alpha value is -2.94. The van der Waals surface area contributed by atoms with Crippen LogP contribution in [-0.4, -0.2) is 41.1 Å². The van der Waals surface area contributed by atoms with E-state index in [1.165, 1.54) is 12.1 Å². The molecule has 34 heavy (non-hydrogen) atoms. The van der Waals surface area contributed by atoms with Gasteiger partial charge >= 0.3 is 23.9 Å². The van der Waals surface area contributed by atoms with Gasteiger partial charge in [0.15, 0.2) is 11.5 Å². The number of aliphatic carboxylic acids is 1. The highest BCUT2D eigenvalue weighted by Gasteiger charge is 2.30. The average molecular weight is 480 g/mol. The summed E-state index contributed by atoms with van der Waals surface area (Å²) in [5, 5.41) is 9.55. The molecule has 0 fully saturated rings. The topological polar surface area (TPSA) is 142 Å². The van der Waals surface area contributed by atoms with Gasteiger partial charge < -0.3 is 25.1 Å². The van der Waals surface area contributed by atoms with E-state index in [2.05, 4.69) is 0 Å². The van der Waals surface area contributed by atoms with Gasteiger partial charge in [0.2, 0.25) is 0 Å². The van der Waals surface area contributed by atoms with Crippen LogP contribution in [0.15, 0.2) is 18.2 Å². The molecule has 0 spiro atoms. The Bertz CT molecular complexity index is 868. The quantitative estimate of drug-likeness (QED) is 0.319. The molecule has 1 rings (SSSR count). The maximum atomic E-state index is 12.5. The predicted molar refractivity (Wildman–Crippen MR) is 125 cm³/mol. The number of hydrogen-bond acceptors (Lipinski definition) is 8. The van der Waals surface area contributed by atoms with Crippen LogP contribution >= 0.6 is 0 Å². The minimum absolute atomic E-state index is 0.000229. The van der Waals surface area contributed by atoms with Gasteiger partial charge in [-0.3, -0.25) is 19.2 Å². The monoisotopic (exact) mass is 479 g/mol. The molecule has 0 saturated heterocycles. The molecule has 3 N–H and O–H groups in total. The fraction of sp³-hybridized carbons (Fsp3) is 0.600. The Morgan fingerprint density at radius 3 is 1.91 bits per heavy atom. The smallest absolute Gasteiger partial charge is 0.321 e. The summed E-state index contributed by atoms with van der Waals surface area (Å²) in [4.78, 5) is 48.2. The zero-order valence-corrected chi connectivity index (χ0v) is 20.8. The van der Waals surface area contributed by atoms with E-state index in [0.717, 1.165) is 0 Å².